The van der Waals surface area contributed by atoms with E-state index < -0.39 is 0 Å². The fourth-order valence-electron chi connectivity index (χ4n) is 2.99. The lowest BCUT2D eigenvalue weighted by atomic mass is 10.0. The standard InChI is InChI=1S/C16H22N2O2/c1-12-15(19-2)4-3-14-16(12)13(11-17-14)5-6-18-7-9-20-10-8-18/h3-4,11,17H,5-10H2,1-2H3. The third-order valence-corrected chi connectivity index (χ3v) is 4.16. The van der Waals surface area contributed by atoms with Crippen molar-refractivity contribution in [1.29, 1.82) is 0 Å². The molecular formula is C16H22N2O2. The molecule has 0 radical (unpaired) electrons. The number of nitrogens with zero attached hydrogens (tertiary/aromatic N) is 1. The highest BCUT2D eigenvalue weighted by molar-refractivity contribution is 5.88. The number of aromatic amines is 1. The van der Waals surface area contributed by atoms with E-state index in [0.717, 1.165) is 45.0 Å². The number of H-pyrrole nitrogens is 1. The van der Waals surface area contributed by atoms with Gasteiger partial charge in [-0.15, -0.1) is 0 Å². The third kappa shape index (κ3) is 2.53. The van der Waals surface area contributed by atoms with Crippen molar-refractivity contribution in [3.8, 4) is 5.75 Å². The Kier molecular flexibility index (Phi) is 3.94. The van der Waals surface area contributed by atoms with Crippen molar-refractivity contribution in [2.45, 2.75) is 13.3 Å². The number of aryl methyl sites for hydroxylation is 1. The van der Waals surface area contributed by atoms with Gasteiger partial charge in [-0.05, 0) is 31.0 Å². The minimum atomic E-state index is 0.862. The number of morpholine rings is 1. The maximum absolute atomic E-state index is 5.43. The lowest BCUT2D eigenvalue weighted by molar-refractivity contribution is 0.0385. The quantitative estimate of drug-likeness (QED) is 0.930. The molecule has 0 aliphatic carbocycles. The van der Waals surface area contributed by atoms with Crippen molar-refractivity contribution in [3.63, 3.8) is 0 Å². The summed E-state index contributed by atoms with van der Waals surface area (Å²) in [7, 11) is 1.73. The van der Waals surface area contributed by atoms with E-state index in [1.165, 1.54) is 22.0 Å². The molecule has 1 fully saturated rings. The molecule has 1 saturated heterocycles. The first-order valence-corrected chi connectivity index (χ1v) is 7.23. The van der Waals surface area contributed by atoms with E-state index in [4.69, 9.17) is 9.47 Å². The van der Waals surface area contributed by atoms with Crippen LogP contribution in [0.3, 0.4) is 0 Å². The Bertz CT molecular complexity index is 585. The van der Waals surface area contributed by atoms with Gasteiger partial charge in [0.25, 0.3) is 0 Å². The summed E-state index contributed by atoms with van der Waals surface area (Å²) in [6.07, 6.45) is 3.20. The summed E-state index contributed by atoms with van der Waals surface area (Å²) in [5.41, 5.74) is 3.80. The normalized spacial score (nSPS) is 16.7. The Morgan fingerprint density at radius 2 is 2.10 bits per heavy atom. The van der Waals surface area contributed by atoms with Crippen LogP contribution in [0.2, 0.25) is 0 Å². The number of ether oxygens (including phenoxy) is 2. The van der Waals surface area contributed by atoms with Crippen LogP contribution in [0.25, 0.3) is 10.9 Å². The van der Waals surface area contributed by atoms with E-state index in [-0.39, 0.29) is 0 Å². The van der Waals surface area contributed by atoms with Crippen molar-refractivity contribution < 1.29 is 9.47 Å². The zero-order valence-corrected chi connectivity index (χ0v) is 12.2. The minimum absolute atomic E-state index is 0.862. The number of fused-ring (bicyclic) bond motifs is 1. The van der Waals surface area contributed by atoms with Crippen molar-refractivity contribution in [3.05, 3.63) is 29.5 Å². The molecular weight excluding hydrogens is 252 g/mol. The van der Waals surface area contributed by atoms with Crippen LogP contribution in [0.1, 0.15) is 11.1 Å². The molecule has 0 unspecified atom stereocenters. The van der Waals surface area contributed by atoms with E-state index in [2.05, 4.69) is 29.1 Å². The highest BCUT2D eigenvalue weighted by atomic mass is 16.5. The van der Waals surface area contributed by atoms with Crippen molar-refractivity contribution in [2.75, 3.05) is 40.0 Å². The van der Waals surface area contributed by atoms with Crippen LogP contribution in [0.4, 0.5) is 0 Å². The molecule has 0 atom stereocenters. The molecule has 1 N–H and O–H groups in total. The minimum Gasteiger partial charge on any atom is -0.496 e. The second-order valence-electron chi connectivity index (χ2n) is 5.33. The molecule has 0 bridgehead atoms. The summed E-state index contributed by atoms with van der Waals surface area (Å²) in [6, 6.07) is 4.12. The van der Waals surface area contributed by atoms with Gasteiger partial charge in [0.1, 0.15) is 5.75 Å². The molecule has 1 aliphatic heterocycles. The van der Waals surface area contributed by atoms with Gasteiger partial charge in [0.2, 0.25) is 0 Å². The number of rotatable bonds is 4. The van der Waals surface area contributed by atoms with E-state index in [1.807, 2.05) is 6.07 Å². The predicted octanol–water partition coefficient (Wildman–Crippen LogP) is 2.36. The molecule has 2 aromatic rings. The third-order valence-electron chi connectivity index (χ3n) is 4.16. The molecule has 1 aromatic carbocycles. The second kappa shape index (κ2) is 5.85. The Hall–Kier alpha value is -1.52. The highest BCUT2D eigenvalue weighted by Gasteiger charge is 2.13. The van der Waals surface area contributed by atoms with Crippen LogP contribution in [0.15, 0.2) is 18.3 Å². The number of nitrogens with one attached hydrogen (secondary N) is 1. The van der Waals surface area contributed by atoms with Gasteiger partial charge in [-0.1, -0.05) is 0 Å². The summed E-state index contributed by atoms with van der Waals surface area (Å²) in [6.45, 7) is 7.04. The van der Waals surface area contributed by atoms with Crippen LogP contribution < -0.4 is 4.74 Å². The summed E-state index contributed by atoms with van der Waals surface area (Å²) in [5, 5.41) is 1.32. The van der Waals surface area contributed by atoms with Gasteiger partial charge in [0.05, 0.1) is 20.3 Å². The van der Waals surface area contributed by atoms with Gasteiger partial charge in [-0.25, -0.2) is 0 Å². The average Bonchev–Trinajstić information content (AvgIpc) is 2.91. The Labute approximate surface area is 119 Å². The molecule has 0 spiro atoms. The first kappa shape index (κ1) is 13.5. The zero-order valence-electron chi connectivity index (χ0n) is 12.2. The van der Waals surface area contributed by atoms with Gasteiger partial charge in [-0.3, -0.25) is 4.90 Å². The Morgan fingerprint density at radius 1 is 1.30 bits per heavy atom. The number of benzene rings is 1. The second-order valence-corrected chi connectivity index (χ2v) is 5.33. The van der Waals surface area contributed by atoms with E-state index >= 15 is 0 Å². The molecule has 108 valence electrons. The van der Waals surface area contributed by atoms with Crippen LogP contribution in [-0.2, 0) is 11.2 Å². The molecule has 2 heterocycles. The lowest BCUT2D eigenvalue weighted by Crippen LogP contribution is -2.37. The number of hydrogen-bond donors (Lipinski definition) is 1. The molecule has 4 heteroatoms. The molecule has 0 amide bonds. The molecule has 1 aliphatic rings. The summed E-state index contributed by atoms with van der Waals surface area (Å²) >= 11 is 0. The van der Waals surface area contributed by atoms with E-state index in [9.17, 15) is 0 Å². The van der Waals surface area contributed by atoms with Crippen molar-refractivity contribution in [2.24, 2.45) is 0 Å². The lowest BCUT2D eigenvalue weighted by Gasteiger charge is -2.26. The molecule has 1 aromatic heterocycles. The van der Waals surface area contributed by atoms with E-state index in [0.29, 0.717) is 0 Å². The van der Waals surface area contributed by atoms with Gasteiger partial charge in [0, 0.05) is 42.3 Å². The topological polar surface area (TPSA) is 37.5 Å². The Morgan fingerprint density at radius 3 is 2.85 bits per heavy atom. The first-order valence-electron chi connectivity index (χ1n) is 7.23. The van der Waals surface area contributed by atoms with Gasteiger partial charge < -0.3 is 14.5 Å². The summed E-state index contributed by atoms with van der Waals surface area (Å²) in [4.78, 5) is 5.84. The fraction of sp³-hybridized carbons (Fsp3) is 0.500. The van der Waals surface area contributed by atoms with Crippen molar-refractivity contribution in [1.82, 2.24) is 9.88 Å². The van der Waals surface area contributed by atoms with Gasteiger partial charge in [-0.2, -0.15) is 0 Å². The number of aromatic nitrogens is 1. The molecule has 20 heavy (non-hydrogen) atoms. The summed E-state index contributed by atoms with van der Waals surface area (Å²) in [5.74, 6) is 0.963. The van der Waals surface area contributed by atoms with Crippen molar-refractivity contribution >= 4 is 10.9 Å². The average molecular weight is 274 g/mol. The van der Waals surface area contributed by atoms with E-state index in [1.54, 1.807) is 7.11 Å². The van der Waals surface area contributed by atoms with Crippen LogP contribution in [0, 0.1) is 6.92 Å². The van der Waals surface area contributed by atoms with Gasteiger partial charge in [0.15, 0.2) is 0 Å². The van der Waals surface area contributed by atoms with Gasteiger partial charge >= 0.3 is 0 Å². The predicted molar refractivity (Wildman–Crippen MR) is 80.6 cm³/mol. The van der Waals surface area contributed by atoms with Crippen LogP contribution >= 0.6 is 0 Å². The fourth-order valence-corrected chi connectivity index (χ4v) is 2.99. The first-order chi connectivity index (χ1) is 9.79. The maximum atomic E-state index is 5.43. The summed E-state index contributed by atoms with van der Waals surface area (Å²) < 4.78 is 10.8. The SMILES string of the molecule is COc1ccc2[nH]cc(CCN3CCOCC3)c2c1C. The highest BCUT2D eigenvalue weighted by Crippen LogP contribution is 2.29. The molecule has 3 rings (SSSR count). The Balaban J connectivity index is 1.80. The maximum Gasteiger partial charge on any atom is 0.122 e. The smallest absolute Gasteiger partial charge is 0.122 e. The number of hydrogen-bond acceptors (Lipinski definition) is 3. The largest absolute Gasteiger partial charge is 0.496 e. The molecule has 4 nitrogen and oxygen atoms in total. The van der Waals surface area contributed by atoms with Crippen LogP contribution in [-0.4, -0.2) is 49.8 Å². The molecule has 0 saturated carbocycles. The van der Waals surface area contributed by atoms with Crippen LogP contribution in [0.5, 0.6) is 5.75 Å². The zero-order chi connectivity index (χ0) is 13.9. The monoisotopic (exact) mass is 274 g/mol. The number of methoxy groups -OCH3 is 1.